The van der Waals surface area contributed by atoms with Crippen LogP contribution in [-0.4, -0.2) is 34.1 Å². The van der Waals surface area contributed by atoms with E-state index in [0.717, 1.165) is 6.07 Å². The van der Waals surface area contributed by atoms with Crippen molar-refractivity contribution in [1.29, 1.82) is 0 Å². The van der Waals surface area contributed by atoms with Crippen LogP contribution in [0.2, 0.25) is 0 Å². The second-order valence-corrected chi connectivity index (χ2v) is 5.76. The molecule has 2 N–H and O–H groups in total. The zero-order valence-electron chi connectivity index (χ0n) is 10.7. The third kappa shape index (κ3) is 6.11. The quantitative estimate of drug-likeness (QED) is 0.755. The van der Waals surface area contributed by atoms with Gasteiger partial charge in [-0.1, -0.05) is 12.1 Å². The van der Waals surface area contributed by atoms with E-state index in [9.17, 15) is 21.6 Å². The van der Waals surface area contributed by atoms with Gasteiger partial charge < -0.3 is 10.1 Å². The lowest BCUT2D eigenvalue weighted by atomic mass is 10.3. The summed E-state index contributed by atoms with van der Waals surface area (Å²) >= 11 is 0. The molecule has 0 aromatic heterocycles. The number of nitrogens with one attached hydrogen (secondary N) is 2. The second kappa shape index (κ2) is 6.80. The lowest BCUT2D eigenvalue weighted by molar-refractivity contribution is -0.274. The minimum absolute atomic E-state index is 0.200. The first-order valence-electron chi connectivity index (χ1n) is 5.73. The Labute approximate surface area is 115 Å². The highest BCUT2D eigenvalue weighted by Gasteiger charge is 2.32. The van der Waals surface area contributed by atoms with Gasteiger partial charge in [-0.3, -0.25) is 4.72 Å². The van der Waals surface area contributed by atoms with Gasteiger partial charge >= 0.3 is 6.36 Å². The van der Waals surface area contributed by atoms with Gasteiger partial charge in [0.15, 0.2) is 5.75 Å². The summed E-state index contributed by atoms with van der Waals surface area (Å²) in [6.45, 7) is 0.488. The highest BCUT2D eigenvalue weighted by Crippen LogP contribution is 2.30. The van der Waals surface area contributed by atoms with E-state index in [-0.39, 0.29) is 11.4 Å². The first kappa shape index (κ1) is 16.6. The summed E-state index contributed by atoms with van der Waals surface area (Å²) in [5, 5.41) is 2.78. The summed E-state index contributed by atoms with van der Waals surface area (Å²) in [7, 11) is -2.05. The minimum atomic E-state index is -4.88. The van der Waals surface area contributed by atoms with Crippen molar-refractivity contribution in [3.8, 4) is 5.75 Å². The van der Waals surface area contributed by atoms with Crippen LogP contribution in [0.4, 0.5) is 18.9 Å². The van der Waals surface area contributed by atoms with Crippen molar-refractivity contribution in [2.24, 2.45) is 0 Å². The molecule has 0 heterocycles. The molecule has 0 bridgehead atoms. The number of hydrogen-bond acceptors (Lipinski definition) is 4. The van der Waals surface area contributed by atoms with Gasteiger partial charge in [0, 0.05) is 0 Å². The number of para-hydroxylation sites is 2. The van der Waals surface area contributed by atoms with E-state index in [1.165, 1.54) is 18.2 Å². The fourth-order valence-electron chi connectivity index (χ4n) is 1.42. The molecule has 5 nitrogen and oxygen atoms in total. The topological polar surface area (TPSA) is 67.4 Å². The lowest BCUT2D eigenvalue weighted by Crippen LogP contribution is -2.22. The molecular formula is C11H15F3N2O3S. The van der Waals surface area contributed by atoms with Crippen LogP contribution < -0.4 is 14.8 Å². The van der Waals surface area contributed by atoms with Crippen molar-refractivity contribution in [3.63, 3.8) is 0 Å². The maximum Gasteiger partial charge on any atom is 0.573 e. The number of hydrogen-bond donors (Lipinski definition) is 2. The van der Waals surface area contributed by atoms with Crippen LogP contribution in [0.3, 0.4) is 0 Å². The number of anilines is 1. The predicted molar refractivity (Wildman–Crippen MR) is 69.1 cm³/mol. The van der Waals surface area contributed by atoms with Crippen LogP contribution in [0, 0.1) is 0 Å². The van der Waals surface area contributed by atoms with Crippen LogP contribution in [0.15, 0.2) is 24.3 Å². The summed E-state index contributed by atoms with van der Waals surface area (Å²) in [5.41, 5.74) is -0.241. The molecule has 0 aliphatic heterocycles. The Morgan fingerprint density at radius 2 is 1.90 bits per heavy atom. The molecule has 1 rings (SSSR count). The number of sulfonamides is 1. The molecule has 0 spiro atoms. The van der Waals surface area contributed by atoms with Gasteiger partial charge in [0.05, 0.1) is 11.4 Å². The first-order valence-corrected chi connectivity index (χ1v) is 7.38. The summed E-state index contributed by atoms with van der Waals surface area (Å²) in [4.78, 5) is 0. The molecule has 0 unspecified atom stereocenters. The lowest BCUT2D eigenvalue weighted by Gasteiger charge is -2.14. The summed E-state index contributed by atoms with van der Waals surface area (Å²) in [6, 6.07) is 4.98. The molecule has 0 amide bonds. The average Bonchev–Trinajstić information content (AvgIpc) is 2.30. The summed E-state index contributed by atoms with van der Waals surface area (Å²) in [6.07, 6.45) is -4.54. The maximum atomic E-state index is 12.2. The van der Waals surface area contributed by atoms with E-state index in [0.29, 0.717) is 13.0 Å². The predicted octanol–water partition coefficient (Wildman–Crippen LogP) is 1.94. The van der Waals surface area contributed by atoms with E-state index < -0.39 is 22.1 Å². The fraction of sp³-hybridized carbons (Fsp3) is 0.455. The Bertz CT molecular complexity index is 532. The molecule has 0 radical (unpaired) electrons. The smallest absolute Gasteiger partial charge is 0.404 e. The normalized spacial score (nSPS) is 12.2. The van der Waals surface area contributed by atoms with Crippen LogP contribution in [0.1, 0.15) is 6.42 Å². The van der Waals surface area contributed by atoms with Gasteiger partial charge in [0.25, 0.3) is 0 Å². The summed E-state index contributed by atoms with van der Waals surface area (Å²) < 4.78 is 65.9. The van der Waals surface area contributed by atoms with Crippen molar-refractivity contribution in [1.82, 2.24) is 5.32 Å². The molecule has 0 saturated carbocycles. The number of rotatable bonds is 7. The standard InChI is InChI=1S/C11H15F3N2O3S/c1-15-7-4-8-20(17,18)16-9-5-2-3-6-10(9)19-11(12,13)14/h2-3,5-6,15-16H,4,7-8H2,1H3. The van der Waals surface area contributed by atoms with Gasteiger partial charge in [0.1, 0.15) is 0 Å². The molecule has 0 aliphatic carbocycles. The third-order valence-corrected chi connectivity index (χ3v) is 3.58. The molecule has 0 aliphatic rings. The fourth-order valence-corrected chi connectivity index (χ4v) is 2.55. The molecule has 9 heteroatoms. The third-order valence-electron chi connectivity index (χ3n) is 2.22. The zero-order chi connectivity index (χ0) is 15.2. The van der Waals surface area contributed by atoms with Crippen molar-refractivity contribution >= 4 is 15.7 Å². The van der Waals surface area contributed by atoms with E-state index in [4.69, 9.17) is 0 Å². The Kier molecular flexibility index (Phi) is 5.63. The van der Waals surface area contributed by atoms with Gasteiger partial charge in [-0.15, -0.1) is 13.2 Å². The number of alkyl halides is 3. The average molecular weight is 312 g/mol. The Hall–Kier alpha value is -1.48. The first-order chi connectivity index (χ1) is 9.23. The summed E-state index contributed by atoms with van der Waals surface area (Å²) in [5.74, 6) is -0.786. The van der Waals surface area contributed by atoms with Crippen molar-refractivity contribution in [2.75, 3.05) is 24.1 Å². The van der Waals surface area contributed by atoms with E-state index in [1.54, 1.807) is 7.05 Å². The second-order valence-electron chi connectivity index (χ2n) is 3.92. The highest BCUT2D eigenvalue weighted by molar-refractivity contribution is 7.92. The van der Waals surface area contributed by atoms with E-state index in [2.05, 4.69) is 14.8 Å². The molecule has 1 aromatic rings. The van der Waals surface area contributed by atoms with Crippen molar-refractivity contribution < 1.29 is 26.3 Å². The molecule has 0 saturated heterocycles. The largest absolute Gasteiger partial charge is 0.573 e. The molecule has 0 fully saturated rings. The molecule has 20 heavy (non-hydrogen) atoms. The van der Waals surface area contributed by atoms with Gasteiger partial charge in [0.2, 0.25) is 10.0 Å². The Morgan fingerprint density at radius 3 is 2.50 bits per heavy atom. The minimum Gasteiger partial charge on any atom is -0.404 e. The molecule has 1 aromatic carbocycles. The van der Waals surface area contributed by atoms with Crippen molar-refractivity contribution in [2.45, 2.75) is 12.8 Å². The van der Waals surface area contributed by atoms with Crippen LogP contribution >= 0.6 is 0 Å². The van der Waals surface area contributed by atoms with Crippen molar-refractivity contribution in [3.05, 3.63) is 24.3 Å². The van der Waals surface area contributed by atoms with Gasteiger partial charge in [-0.25, -0.2) is 8.42 Å². The van der Waals surface area contributed by atoms with Crippen LogP contribution in [-0.2, 0) is 10.0 Å². The molecular weight excluding hydrogens is 297 g/mol. The number of benzene rings is 1. The monoisotopic (exact) mass is 312 g/mol. The van der Waals surface area contributed by atoms with Gasteiger partial charge in [-0.2, -0.15) is 0 Å². The van der Waals surface area contributed by atoms with E-state index in [1.807, 2.05) is 0 Å². The van der Waals surface area contributed by atoms with Gasteiger partial charge in [-0.05, 0) is 32.1 Å². The number of ether oxygens (including phenoxy) is 1. The van der Waals surface area contributed by atoms with Crippen LogP contribution in [0.25, 0.3) is 0 Å². The SMILES string of the molecule is CNCCCS(=O)(=O)Nc1ccccc1OC(F)(F)F. The Morgan fingerprint density at radius 1 is 1.25 bits per heavy atom. The maximum absolute atomic E-state index is 12.2. The molecule has 114 valence electrons. The van der Waals surface area contributed by atoms with Crippen LogP contribution in [0.5, 0.6) is 5.75 Å². The highest BCUT2D eigenvalue weighted by atomic mass is 32.2. The zero-order valence-corrected chi connectivity index (χ0v) is 11.5. The molecule has 0 atom stereocenters. The Balaban J connectivity index is 2.81. The number of halogens is 3. The van der Waals surface area contributed by atoms with E-state index >= 15 is 0 Å².